The van der Waals surface area contributed by atoms with Crippen molar-refractivity contribution in [3.05, 3.63) is 35.9 Å². The molecule has 0 saturated carbocycles. The zero-order chi connectivity index (χ0) is 12.7. The molecule has 1 atom stereocenters. The minimum atomic E-state index is -0.847. The summed E-state index contributed by atoms with van der Waals surface area (Å²) in [5.41, 5.74) is 2.90. The number of carbonyl (C=O) groups excluding carboxylic acids is 2. The van der Waals surface area contributed by atoms with Gasteiger partial charge in [0.15, 0.2) is 5.78 Å². The summed E-state index contributed by atoms with van der Waals surface area (Å²) in [5.74, 6) is -0.158. The summed E-state index contributed by atoms with van der Waals surface area (Å²) in [7, 11) is 0. The van der Waals surface area contributed by atoms with Crippen LogP contribution in [0.1, 0.15) is 24.2 Å². The van der Waals surface area contributed by atoms with Gasteiger partial charge in [-0.15, -0.1) is 5.48 Å². The van der Waals surface area contributed by atoms with Crippen molar-refractivity contribution in [2.45, 2.75) is 19.9 Å². The molecule has 1 unspecified atom stereocenters. The number of Topliss-reactive ketones (excluding diaryl/α,β-unsaturated/α-hetero) is 1. The number of benzene rings is 1. The van der Waals surface area contributed by atoms with E-state index in [0.29, 0.717) is 5.56 Å². The molecule has 0 amide bonds. The third-order valence-electron chi connectivity index (χ3n) is 2.03. The van der Waals surface area contributed by atoms with E-state index in [9.17, 15) is 9.59 Å². The van der Waals surface area contributed by atoms with Crippen LogP contribution in [0.25, 0.3) is 0 Å². The Morgan fingerprint density at radius 3 is 2.53 bits per heavy atom. The first-order valence-corrected chi connectivity index (χ1v) is 5.33. The molecule has 17 heavy (non-hydrogen) atoms. The first kappa shape index (κ1) is 13.2. The zero-order valence-corrected chi connectivity index (χ0v) is 9.80. The van der Waals surface area contributed by atoms with E-state index < -0.39 is 12.2 Å². The molecule has 0 fully saturated rings. The average Bonchev–Trinajstić information content (AvgIpc) is 2.36. The Labute approximate surface area is 99.7 Å². The van der Waals surface area contributed by atoms with E-state index in [1.807, 2.05) is 6.07 Å². The number of rotatable bonds is 5. The molecule has 0 radical (unpaired) electrons. The second-order valence-corrected chi connectivity index (χ2v) is 3.35. The van der Waals surface area contributed by atoms with Gasteiger partial charge < -0.3 is 9.57 Å². The fourth-order valence-electron chi connectivity index (χ4n) is 1.19. The summed E-state index contributed by atoms with van der Waals surface area (Å²) in [6.45, 7) is 3.50. The number of ketones is 1. The predicted molar refractivity (Wildman–Crippen MR) is 61.5 cm³/mol. The maximum absolute atomic E-state index is 11.8. The average molecular weight is 237 g/mol. The molecule has 1 aromatic carbocycles. The molecule has 0 aliphatic heterocycles. The van der Waals surface area contributed by atoms with Gasteiger partial charge in [-0.05, 0) is 13.8 Å². The molecule has 0 spiro atoms. The molecule has 0 bridgehead atoms. The highest BCUT2D eigenvalue weighted by atomic mass is 16.8. The predicted octanol–water partition coefficient (Wildman–Crippen LogP) is 1.94. The van der Waals surface area contributed by atoms with E-state index in [2.05, 4.69) is 15.1 Å². The van der Waals surface area contributed by atoms with Gasteiger partial charge >= 0.3 is 6.16 Å². The molecule has 1 aromatic rings. The molecular formula is C12H15NO4. The highest BCUT2D eigenvalue weighted by Gasteiger charge is 2.16. The number of hydroxylamine groups is 1. The van der Waals surface area contributed by atoms with Gasteiger partial charge in [-0.1, -0.05) is 30.3 Å². The second kappa shape index (κ2) is 6.65. The molecular weight excluding hydrogens is 222 g/mol. The van der Waals surface area contributed by atoms with Crippen LogP contribution in [0.3, 0.4) is 0 Å². The first-order chi connectivity index (χ1) is 8.15. The Hall–Kier alpha value is -1.88. The van der Waals surface area contributed by atoms with Crippen molar-refractivity contribution < 1.29 is 19.2 Å². The number of hydrogen-bond acceptors (Lipinski definition) is 5. The number of carbonyl (C=O) groups is 2. The Morgan fingerprint density at radius 1 is 1.29 bits per heavy atom. The van der Waals surface area contributed by atoms with Crippen LogP contribution in [0.5, 0.6) is 0 Å². The molecule has 1 rings (SSSR count). The molecule has 92 valence electrons. The van der Waals surface area contributed by atoms with Crippen molar-refractivity contribution in [1.29, 1.82) is 0 Å². The standard InChI is InChI=1S/C12H15NO4/c1-3-16-12(15)17-13-9(2)11(14)10-7-5-4-6-8-10/h4-9,13H,3H2,1-2H3. The number of hydrogen-bond donors (Lipinski definition) is 1. The van der Waals surface area contributed by atoms with E-state index in [4.69, 9.17) is 0 Å². The Bertz CT molecular complexity index is 377. The first-order valence-electron chi connectivity index (χ1n) is 5.33. The van der Waals surface area contributed by atoms with Gasteiger partial charge in [-0.25, -0.2) is 4.79 Å². The molecule has 0 aliphatic rings. The molecule has 0 aromatic heterocycles. The minimum Gasteiger partial charge on any atom is -0.433 e. The molecule has 0 aliphatic carbocycles. The molecule has 0 heterocycles. The molecule has 5 nitrogen and oxygen atoms in total. The Kier molecular flexibility index (Phi) is 5.16. The third-order valence-corrected chi connectivity index (χ3v) is 2.03. The van der Waals surface area contributed by atoms with Crippen LogP contribution >= 0.6 is 0 Å². The summed E-state index contributed by atoms with van der Waals surface area (Å²) in [6.07, 6.45) is -0.847. The topological polar surface area (TPSA) is 64.6 Å². The highest BCUT2D eigenvalue weighted by Crippen LogP contribution is 2.03. The van der Waals surface area contributed by atoms with Crippen LogP contribution in [0.4, 0.5) is 4.79 Å². The van der Waals surface area contributed by atoms with Gasteiger partial charge in [0.05, 0.1) is 6.61 Å². The van der Waals surface area contributed by atoms with Crippen LogP contribution in [0.15, 0.2) is 30.3 Å². The number of nitrogens with one attached hydrogen (secondary N) is 1. The summed E-state index contributed by atoms with van der Waals surface area (Å²) in [5, 5.41) is 0. The lowest BCUT2D eigenvalue weighted by Crippen LogP contribution is -2.36. The lowest BCUT2D eigenvalue weighted by molar-refractivity contribution is 0.00974. The molecule has 5 heteroatoms. The van der Waals surface area contributed by atoms with Crippen molar-refractivity contribution >= 4 is 11.9 Å². The zero-order valence-electron chi connectivity index (χ0n) is 9.80. The van der Waals surface area contributed by atoms with Gasteiger partial charge in [0.2, 0.25) is 0 Å². The van der Waals surface area contributed by atoms with E-state index in [1.165, 1.54) is 0 Å². The van der Waals surface area contributed by atoms with Crippen LogP contribution in [-0.4, -0.2) is 24.6 Å². The fourth-order valence-corrected chi connectivity index (χ4v) is 1.19. The van der Waals surface area contributed by atoms with E-state index in [1.54, 1.807) is 38.1 Å². The largest absolute Gasteiger partial charge is 0.527 e. The Morgan fingerprint density at radius 2 is 1.94 bits per heavy atom. The maximum atomic E-state index is 11.8. The third kappa shape index (κ3) is 4.24. The maximum Gasteiger partial charge on any atom is 0.527 e. The SMILES string of the molecule is CCOC(=O)ONC(C)C(=O)c1ccccc1. The van der Waals surface area contributed by atoms with Crippen LogP contribution in [0.2, 0.25) is 0 Å². The van der Waals surface area contributed by atoms with Crippen molar-refractivity contribution in [2.75, 3.05) is 6.61 Å². The lowest BCUT2D eigenvalue weighted by atomic mass is 10.1. The van der Waals surface area contributed by atoms with Crippen LogP contribution < -0.4 is 5.48 Å². The van der Waals surface area contributed by atoms with Crippen LogP contribution in [0, 0.1) is 0 Å². The monoisotopic (exact) mass is 237 g/mol. The Balaban J connectivity index is 2.45. The van der Waals surface area contributed by atoms with Gasteiger partial charge in [0, 0.05) is 5.56 Å². The smallest absolute Gasteiger partial charge is 0.433 e. The fraction of sp³-hybridized carbons (Fsp3) is 0.333. The van der Waals surface area contributed by atoms with Crippen LogP contribution in [-0.2, 0) is 9.57 Å². The highest BCUT2D eigenvalue weighted by molar-refractivity contribution is 5.99. The van der Waals surface area contributed by atoms with Gasteiger partial charge in [0.1, 0.15) is 6.04 Å². The second-order valence-electron chi connectivity index (χ2n) is 3.35. The summed E-state index contributed by atoms with van der Waals surface area (Å²) >= 11 is 0. The van der Waals surface area contributed by atoms with E-state index >= 15 is 0 Å². The summed E-state index contributed by atoms with van der Waals surface area (Å²) < 4.78 is 4.54. The van der Waals surface area contributed by atoms with Crippen molar-refractivity contribution in [3.8, 4) is 0 Å². The number of ether oxygens (including phenoxy) is 1. The minimum absolute atomic E-state index is 0.158. The molecule has 0 saturated heterocycles. The van der Waals surface area contributed by atoms with Crippen molar-refractivity contribution in [3.63, 3.8) is 0 Å². The van der Waals surface area contributed by atoms with Gasteiger partial charge in [0.25, 0.3) is 0 Å². The summed E-state index contributed by atoms with van der Waals surface area (Å²) in [4.78, 5) is 27.3. The normalized spacial score (nSPS) is 11.6. The summed E-state index contributed by atoms with van der Waals surface area (Å²) in [6, 6.07) is 8.14. The lowest BCUT2D eigenvalue weighted by Gasteiger charge is -2.11. The van der Waals surface area contributed by atoms with Crippen molar-refractivity contribution in [2.24, 2.45) is 0 Å². The quantitative estimate of drug-likeness (QED) is 0.481. The van der Waals surface area contributed by atoms with Gasteiger partial charge in [-0.2, -0.15) is 0 Å². The van der Waals surface area contributed by atoms with E-state index in [0.717, 1.165) is 0 Å². The van der Waals surface area contributed by atoms with Gasteiger partial charge in [-0.3, -0.25) is 4.79 Å². The molecule has 1 N–H and O–H groups in total. The van der Waals surface area contributed by atoms with Crippen molar-refractivity contribution in [1.82, 2.24) is 5.48 Å². The van der Waals surface area contributed by atoms with E-state index in [-0.39, 0.29) is 12.4 Å².